The van der Waals surface area contributed by atoms with Crippen molar-refractivity contribution >= 4 is 6.29 Å². The molecule has 0 spiro atoms. The highest BCUT2D eigenvalue weighted by Crippen LogP contribution is 2.35. The predicted molar refractivity (Wildman–Crippen MR) is 101 cm³/mol. The number of carbonyl (C=O) groups excluding carboxylic acids is 1. The quantitative estimate of drug-likeness (QED) is 0.279. The number of unbranched alkanes of at least 4 members (excludes halogenated alkanes) is 4. The third kappa shape index (κ3) is 8.02. The Morgan fingerprint density at radius 1 is 1.20 bits per heavy atom. The second-order valence-electron chi connectivity index (χ2n) is 7.25. The molecule has 0 bridgehead atoms. The summed E-state index contributed by atoms with van der Waals surface area (Å²) in [5, 5.41) is 30.7. The molecule has 3 N–H and O–H groups in total. The van der Waals surface area contributed by atoms with Crippen LogP contribution in [-0.2, 0) is 4.79 Å². The molecule has 0 aromatic heterocycles. The average molecular weight is 350 g/mol. The van der Waals surface area contributed by atoms with Crippen molar-refractivity contribution in [2.24, 2.45) is 11.8 Å². The Kier molecular flexibility index (Phi) is 9.76. The molecule has 0 aliphatic heterocycles. The van der Waals surface area contributed by atoms with Gasteiger partial charge in [-0.05, 0) is 38.7 Å². The maximum absolute atomic E-state index is 10.4. The van der Waals surface area contributed by atoms with Gasteiger partial charge in [0.1, 0.15) is 6.29 Å². The Hall–Kier alpha value is -1.39. The molecule has 0 aromatic rings. The minimum atomic E-state index is -0.891. The molecule has 4 nitrogen and oxygen atoms in total. The molecular formula is C21H34O4. The van der Waals surface area contributed by atoms with Gasteiger partial charge in [-0.3, -0.25) is 0 Å². The van der Waals surface area contributed by atoms with Crippen molar-refractivity contribution in [3.05, 3.63) is 36.1 Å². The number of aliphatic hydroxyl groups excluding tert-OH is 2. The first-order valence-electron chi connectivity index (χ1n) is 9.50. The standard InChI is InChI=1S/C21H34O4/c1-3-4-9-13-21(2,25)14-12-18-17(19(23)16-20(18)24)11-8-6-5-7-10-15-22/h6,8,12,14-19,23-25H,3-5,7,9-11,13H2,1-2H3/b8-6-,14-12+/t17-,18-,19+,21+/m1/s1. The zero-order valence-electron chi connectivity index (χ0n) is 15.6. The van der Waals surface area contributed by atoms with Crippen LogP contribution in [0.25, 0.3) is 0 Å². The van der Waals surface area contributed by atoms with E-state index < -0.39 is 11.7 Å². The van der Waals surface area contributed by atoms with Crippen LogP contribution >= 0.6 is 0 Å². The number of carbonyl (C=O) groups is 1. The Balaban J connectivity index is 2.60. The second kappa shape index (κ2) is 11.3. The van der Waals surface area contributed by atoms with Crippen LogP contribution in [0.2, 0.25) is 0 Å². The van der Waals surface area contributed by atoms with Crippen molar-refractivity contribution in [3.63, 3.8) is 0 Å². The van der Waals surface area contributed by atoms with Crippen LogP contribution in [-0.4, -0.2) is 33.3 Å². The van der Waals surface area contributed by atoms with E-state index in [4.69, 9.17) is 0 Å². The summed E-state index contributed by atoms with van der Waals surface area (Å²) in [7, 11) is 0. The lowest BCUT2D eigenvalue weighted by Crippen LogP contribution is -2.23. The number of aliphatic hydroxyl groups is 3. The van der Waals surface area contributed by atoms with E-state index >= 15 is 0 Å². The van der Waals surface area contributed by atoms with Crippen LogP contribution in [0.4, 0.5) is 0 Å². The fourth-order valence-corrected chi connectivity index (χ4v) is 3.19. The highest BCUT2D eigenvalue weighted by Gasteiger charge is 2.34. The van der Waals surface area contributed by atoms with Crippen LogP contribution in [0.5, 0.6) is 0 Å². The van der Waals surface area contributed by atoms with E-state index in [0.717, 1.165) is 38.4 Å². The normalized spacial score (nSPS) is 26.2. The molecule has 142 valence electrons. The number of rotatable bonds is 12. The molecule has 25 heavy (non-hydrogen) atoms. The lowest BCUT2D eigenvalue weighted by molar-refractivity contribution is -0.107. The highest BCUT2D eigenvalue weighted by atomic mass is 16.3. The van der Waals surface area contributed by atoms with Gasteiger partial charge >= 0.3 is 0 Å². The monoisotopic (exact) mass is 350 g/mol. The zero-order valence-corrected chi connectivity index (χ0v) is 15.6. The summed E-state index contributed by atoms with van der Waals surface area (Å²) < 4.78 is 0. The molecule has 0 radical (unpaired) electrons. The van der Waals surface area contributed by atoms with Crippen molar-refractivity contribution in [2.45, 2.75) is 76.9 Å². The van der Waals surface area contributed by atoms with Gasteiger partial charge in [0, 0.05) is 18.3 Å². The van der Waals surface area contributed by atoms with Gasteiger partial charge in [0.05, 0.1) is 17.5 Å². The average Bonchev–Trinajstić information content (AvgIpc) is 2.82. The van der Waals surface area contributed by atoms with Gasteiger partial charge in [-0.1, -0.05) is 50.5 Å². The largest absolute Gasteiger partial charge is 0.512 e. The van der Waals surface area contributed by atoms with E-state index in [9.17, 15) is 20.1 Å². The van der Waals surface area contributed by atoms with Crippen LogP contribution in [0.1, 0.15) is 65.2 Å². The minimum Gasteiger partial charge on any atom is -0.512 e. The van der Waals surface area contributed by atoms with Gasteiger partial charge in [-0.25, -0.2) is 0 Å². The molecule has 0 aromatic carbocycles. The number of hydrogen-bond donors (Lipinski definition) is 3. The first kappa shape index (κ1) is 21.7. The summed E-state index contributed by atoms with van der Waals surface area (Å²) in [5.74, 6) is -0.218. The summed E-state index contributed by atoms with van der Waals surface area (Å²) in [6.07, 6.45) is 16.1. The molecule has 0 unspecified atom stereocenters. The smallest absolute Gasteiger partial charge is 0.120 e. The molecule has 0 heterocycles. The summed E-state index contributed by atoms with van der Waals surface area (Å²) in [6, 6.07) is 0. The topological polar surface area (TPSA) is 77.8 Å². The molecule has 1 aliphatic carbocycles. The van der Waals surface area contributed by atoms with Crippen molar-refractivity contribution < 1.29 is 20.1 Å². The molecular weight excluding hydrogens is 316 g/mol. The van der Waals surface area contributed by atoms with Crippen molar-refractivity contribution in [2.75, 3.05) is 0 Å². The first-order chi connectivity index (χ1) is 11.9. The fourth-order valence-electron chi connectivity index (χ4n) is 3.19. The van der Waals surface area contributed by atoms with E-state index in [0.29, 0.717) is 19.3 Å². The van der Waals surface area contributed by atoms with E-state index in [2.05, 4.69) is 6.92 Å². The summed E-state index contributed by atoms with van der Waals surface area (Å²) in [4.78, 5) is 10.3. The van der Waals surface area contributed by atoms with Crippen LogP contribution in [0, 0.1) is 11.8 Å². The molecule has 1 aliphatic rings. The van der Waals surface area contributed by atoms with Gasteiger partial charge in [0.15, 0.2) is 0 Å². The fraction of sp³-hybridized carbons (Fsp3) is 0.667. The maximum Gasteiger partial charge on any atom is 0.120 e. The summed E-state index contributed by atoms with van der Waals surface area (Å²) in [5.41, 5.74) is -0.891. The molecule has 4 heteroatoms. The number of hydrogen-bond acceptors (Lipinski definition) is 4. The van der Waals surface area contributed by atoms with E-state index in [-0.39, 0.29) is 17.6 Å². The SMILES string of the molecule is CCCCC[C@](C)(O)/C=C/[C@H]1C(O)=C[C@H](O)[C@@H]1C/C=C\CCCC=O. The Morgan fingerprint density at radius 2 is 1.96 bits per heavy atom. The van der Waals surface area contributed by atoms with Crippen molar-refractivity contribution in [1.82, 2.24) is 0 Å². The third-order valence-corrected chi connectivity index (χ3v) is 4.80. The zero-order chi connectivity index (χ0) is 18.7. The van der Waals surface area contributed by atoms with Crippen molar-refractivity contribution in [1.29, 1.82) is 0 Å². The lowest BCUT2D eigenvalue weighted by Gasteiger charge is -2.22. The Morgan fingerprint density at radius 3 is 2.64 bits per heavy atom. The Bertz CT molecular complexity index is 476. The lowest BCUT2D eigenvalue weighted by atomic mass is 9.87. The minimum absolute atomic E-state index is 0.120. The highest BCUT2D eigenvalue weighted by molar-refractivity contribution is 5.49. The first-order valence-corrected chi connectivity index (χ1v) is 9.50. The van der Waals surface area contributed by atoms with Crippen molar-refractivity contribution in [3.8, 4) is 0 Å². The van der Waals surface area contributed by atoms with Gasteiger partial charge in [0.2, 0.25) is 0 Å². The molecule has 0 saturated heterocycles. The van der Waals surface area contributed by atoms with Gasteiger partial charge < -0.3 is 20.1 Å². The molecule has 1 rings (SSSR count). The van der Waals surface area contributed by atoms with Crippen LogP contribution in [0.3, 0.4) is 0 Å². The van der Waals surface area contributed by atoms with E-state index in [1.54, 1.807) is 13.0 Å². The molecule has 4 atom stereocenters. The van der Waals surface area contributed by atoms with Crippen LogP contribution in [0.15, 0.2) is 36.1 Å². The number of aldehydes is 1. The Labute approximate surface area is 152 Å². The predicted octanol–water partition coefficient (Wildman–Crippen LogP) is 4.24. The second-order valence-corrected chi connectivity index (χ2v) is 7.25. The summed E-state index contributed by atoms with van der Waals surface area (Å²) >= 11 is 0. The van der Waals surface area contributed by atoms with E-state index in [1.165, 1.54) is 6.08 Å². The molecule has 0 fully saturated rings. The number of allylic oxidation sites excluding steroid dienone is 3. The summed E-state index contributed by atoms with van der Waals surface area (Å²) in [6.45, 7) is 3.91. The molecule has 0 amide bonds. The van der Waals surface area contributed by atoms with Gasteiger partial charge in [-0.2, -0.15) is 0 Å². The van der Waals surface area contributed by atoms with E-state index in [1.807, 2.05) is 18.2 Å². The van der Waals surface area contributed by atoms with Gasteiger partial charge in [-0.15, -0.1) is 0 Å². The third-order valence-electron chi connectivity index (χ3n) is 4.80. The van der Waals surface area contributed by atoms with Crippen LogP contribution < -0.4 is 0 Å². The maximum atomic E-state index is 10.4. The molecule has 0 saturated carbocycles. The van der Waals surface area contributed by atoms with Gasteiger partial charge in [0.25, 0.3) is 0 Å².